The van der Waals surface area contributed by atoms with Crippen LogP contribution in [-0.2, 0) is 10.7 Å². The van der Waals surface area contributed by atoms with Crippen LogP contribution in [0.15, 0.2) is 23.1 Å². The predicted octanol–water partition coefficient (Wildman–Crippen LogP) is 0.473. The van der Waals surface area contributed by atoms with E-state index in [4.69, 9.17) is 0 Å². The van der Waals surface area contributed by atoms with Crippen LogP contribution >= 0.6 is 0 Å². The third kappa shape index (κ3) is 2.07. The molecular weight excluding hydrogens is 228 g/mol. The van der Waals surface area contributed by atoms with Gasteiger partial charge in [0.1, 0.15) is 4.90 Å². The lowest BCUT2D eigenvalue weighted by molar-refractivity contribution is -0.424. The Labute approximate surface area is 84.4 Å². The van der Waals surface area contributed by atoms with Crippen molar-refractivity contribution in [1.29, 1.82) is 0 Å². The summed E-state index contributed by atoms with van der Waals surface area (Å²) in [6.45, 7) is 0. The average molecular weight is 232 g/mol. The van der Waals surface area contributed by atoms with Crippen LogP contribution < -0.4 is 0 Å². The predicted molar refractivity (Wildman–Crippen MR) is 48.3 cm³/mol. The topological polar surface area (TPSA) is 120 Å². The van der Waals surface area contributed by atoms with E-state index >= 15 is 0 Å². The van der Waals surface area contributed by atoms with E-state index in [1.54, 1.807) is 0 Å². The van der Waals surface area contributed by atoms with Gasteiger partial charge >= 0.3 is 11.4 Å². The summed E-state index contributed by atoms with van der Waals surface area (Å²) in [4.78, 5) is 18.1. The van der Waals surface area contributed by atoms with Crippen molar-refractivity contribution in [2.45, 2.75) is 4.90 Å². The van der Waals surface area contributed by atoms with E-state index in [0.29, 0.717) is 0 Å². The van der Waals surface area contributed by atoms with Crippen molar-refractivity contribution >= 4 is 22.1 Å². The Morgan fingerprint density at radius 3 is 2.07 bits per heavy atom. The number of para-hydroxylation sites is 1. The van der Waals surface area contributed by atoms with E-state index in [9.17, 15) is 28.6 Å². The molecule has 1 rings (SSSR count). The molecule has 15 heavy (non-hydrogen) atoms. The van der Waals surface area contributed by atoms with Crippen LogP contribution in [0.5, 0.6) is 0 Å². The summed E-state index contributed by atoms with van der Waals surface area (Å²) in [7, 11) is -3.24. The van der Waals surface area contributed by atoms with Gasteiger partial charge < -0.3 is 0 Å². The van der Waals surface area contributed by atoms with E-state index in [1.807, 2.05) is 0 Å². The van der Waals surface area contributed by atoms with Gasteiger partial charge in [0.25, 0.3) is 0 Å². The Morgan fingerprint density at radius 1 is 1.07 bits per heavy atom. The largest absolute Gasteiger partial charge is 0.364 e. The van der Waals surface area contributed by atoms with E-state index in [0.717, 1.165) is 18.2 Å². The third-order valence-electron chi connectivity index (χ3n) is 1.57. The average Bonchev–Trinajstić information content (AvgIpc) is 2.16. The maximum Gasteiger partial charge on any atom is 0.364 e. The molecule has 0 heterocycles. The molecule has 0 N–H and O–H groups in total. The zero-order chi connectivity index (χ0) is 11.6. The molecule has 0 amide bonds. The Morgan fingerprint density at radius 2 is 1.67 bits per heavy atom. The first-order valence-electron chi connectivity index (χ1n) is 3.51. The number of nitro benzene ring substituents is 2. The number of hydrogen-bond donors (Lipinski definition) is 1. The highest BCUT2D eigenvalue weighted by Gasteiger charge is 2.29. The zero-order valence-corrected chi connectivity index (χ0v) is 7.92. The van der Waals surface area contributed by atoms with Crippen LogP contribution in [0.4, 0.5) is 11.4 Å². The summed E-state index contributed by atoms with van der Waals surface area (Å²) in [6.07, 6.45) is 0. The van der Waals surface area contributed by atoms with Crippen LogP contribution in [0.3, 0.4) is 0 Å². The van der Waals surface area contributed by atoms with Gasteiger partial charge in [0.05, 0.1) is 9.85 Å². The first kappa shape index (κ1) is 11.0. The molecule has 0 bridgehead atoms. The maximum atomic E-state index is 10.6. The number of nitro groups is 2. The van der Waals surface area contributed by atoms with Crippen molar-refractivity contribution in [3.63, 3.8) is 0 Å². The summed E-state index contributed by atoms with van der Waals surface area (Å²) in [5.41, 5.74) is -1.84. The summed E-state index contributed by atoms with van der Waals surface area (Å²) in [5.74, 6) is 0. The van der Waals surface area contributed by atoms with Crippen LogP contribution in [0, 0.1) is 20.2 Å². The molecule has 0 radical (unpaired) electrons. The molecule has 1 aromatic rings. The Bertz CT molecular complexity index is 500. The minimum Gasteiger partial charge on any atom is -0.258 e. The quantitative estimate of drug-likeness (QED) is 0.459. The zero-order valence-electron chi connectivity index (χ0n) is 7.02. The standard InChI is InChI=1S/C6H4N2O6S/c9-7(10)4-2-1-3-5(15(13)14)6(4)8(11)12/h1-3,15H. The van der Waals surface area contributed by atoms with Crippen LogP contribution in [0.1, 0.15) is 0 Å². The molecule has 0 saturated carbocycles. The molecule has 1 aromatic carbocycles. The fraction of sp³-hybridized carbons (Fsp3) is 0. The van der Waals surface area contributed by atoms with Gasteiger partial charge in [-0.25, -0.2) is 8.42 Å². The van der Waals surface area contributed by atoms with Crippen molar-refractivity contribution in [1.82, 2.24) is 0 Å². The fourth-order valence-electron chi connectivity index (χ4n) is 1.00. The van der Waals surface area contributed by atoms with Gasteiger partial charge in [0.2, 0.25) is 0 Å². The lowest BCUT2D eigenvalue weighted by Crippen LogP contribution is -1.99. The first-order chi connectivity index (χ1) is 6.95. The van der Waals surface area contributed by atoms with Gasteiger partial charge in [0.15, 0.2) is 10.7 Å². The molecule has 0 saturated heterocycles. The van der Waals surface area contributed by atoms with Gasteiger partial charge in [-0.15, -0.1) is 0 Å². The molecule has 0 aliphatic rings. The minimum absolute atomic E-state index is 0.663. The number of rotatable bonds is 3. The lowest BCUT2D eigenvalue weighted by atomic mass is 10.3. The highest BCUT2D eigenvalue weighted by molar-refractivity contribution is 7.72. The number of nitrogens with zero attached hydrogens (tertiary/aromatic N) is 2. The first-order valence-corrected chi connectivity index (χ1v) is 4.69. The molecule has 0 atom stereocenters. The molecule has 0 spiro atoms. The van der Waals surface area contributed by atoms with Gasteiger partial charge in [0, 0.05) is 6.07 Å². The Hall–Kier alpha value is -2.03. The van der Waals surface area contributed by atoms with Gasteiger partial charge in [-0.3, -0.25) is 20.2 Å². The highest BCUT2D eigenvalue weighted by Crippen LogP contribution is 2.30. The molecule has 9 heteroatoms. The van der Waals surface area contributed by atoms with Crippen molar-refractivity contribution in [3.8, 4) is 0 Å². The second-order valence-electron chi connectivity index (χ2n) is 2.42. The SMILES string of the molecule is O=[N+]([O-])c1cccc([SH](=O)=O)c1[N+](=O)[O-]. The van der Waals surface area contributed by atoms with E-state index in [-0.39, 0.29) is 0 Å². The lowest BCUT2D eigenvalue weighted by Gasteiger charge is -1.96. The highest BCUT2D eigenvalue weighted by atomic mass is 32.2. The third-order valence-corrected chi connectivity index (χ3v) is 2.32. The smallest absolute Gasteiger partial charge is 0.258 e. The molecule has 8 nitrogen and oxygen atoms in total. The molecule has 0 fully saturated rings. The van der Waals surface area contributed by atoms with Crippen LogP contribution in [0.25, 0.3) is 0 Å². The number of benzene rings is 1. The molecular formula is C6H4N2O6S. The van der Waals surface area contributed by atoms with Gasteiger partial charge in [-0.05, 0) is 6.07 Å². The molecule has 0 aromatic heterocycles. The van der Waals surface area contributed by atoms with Crippen molar-refractivity contribution in [3.05, 3.63) is 38.4 Å². The van der Waals surface area contributed by atoms with E-state index in [2.05, 4.69) is 0 Å². The van der Waals surface area contributed by atoms with Crippen LogP contribution in [0.2, 0.25) is 0 Å². The second kappa shape index (κ2) is 4.00. The van der Waals surface area contributed by atoms with E-state index < -0.39 is 36.8 Å². The number of hydrogen-bond acceptors (Lipinski definition) is 6. The minimum atomic E-state index is -3.24. The summed E-state index contributed by atoms with van der Waals surface area (Å²) < 4.78 is 21.2. The molecule has 0 unspecified atom stereocenters. The fourth-order valence-corrected chi connectivity index (χ4v) is 1.58. The van der Waals surface area contributed by atoms with Crippen molar-refractivity contribution < 1.29 is 18.3 Å². The van der Waals surface area contributed by atoms with Gasteiger partial charge in [-0.2, -0.15) is 0 Å². The van der Waals surface area contributed by atoms with Gasteiger partial charge in [-0.1, -0.05) is 6.07 Å². The number of thiol groups is 1. The summed E-state index contributed by atoms with van der Waals surface area (Å²) in [6, 6.07) is 2.89. The summed E-state index contributed by atoms with van der Waals surface area (Å²) in [5, 5.41) is 20.9. The van der Waals surface area contributed by atoms with Crippen molar-refractivity contribution in [2.75, 3.05) is 0 Å². The second-order valence-corrected chi connectivity index (χ2v) is 3.41. The monoisotopic (exact) mass is 232 g/mol. The van der Waals surface area contributed by atoms with Crippen molar-refractivity contribution in [2.24, 2.45) is 0 Å². The molecule has 0 aliphatic carbocycles. The van der Waals surface area contributed by atoms with E-state index in [1.165, 1.54) is 0 Å². The Kier molecular flexibility index (Phi) is 2.95. The normalized spacial score (nSPS) is 10.2. The summed E-state index contributed by atoms with van der Waals surface area (Å²) >= 11 is 0. The molecule has 80 valence electrons. The molecule has 0 aliphatic heterocycles. The maximum absolute atomic E-state index is 10.6. The Balaban J connectivity index is 3.63. The van der Waals surface area contributed by atoms with Crippen LogP contribution in [-0.4, -0.2) is 18.3 Å².